The Balaban J connectivity index is 2.85. The molecule has 100 valence electrons. The van der Waals surface area contributed by atoms with Crippen LogP contribution in [-0.2, 0) is 11.2 Å². The van der Waals surface area contributed by atoms with E-state index in [9.17, 15) is 10.1 Å². The smallest absolute Gasteiger partial charge is 0.278 e. The number of aryl methyl sites for hydroxylation is 2. The monoisotopic (exact) mass is 316 g/mol. The Hall–Kier alpha value is -1.01. The normalized spacial score (nSPS) is 12.4. The van der Waals surface area contributed by atoms with Gasteiger partial charge in [0.05, 0.1) is 17.2 Å². The molecule has 0 aliphatic heterocycles. The van der Waals surface area contributed by atoms with Crippen molar-refractivity contribution in [1.29, 1.82) is 0 Å². The molecule has 1 aromatic heterocycles. The van der Waals surface area contributed by atoms with E-state index in [1.807, 2.05) is 0 Å². The minimum Gasteiger partial charge on any atom is -0.384 e. The van der Waals surface area contributed by atoms with E-state index >= 15 is 0 Å². The van der Waals surface area contributed by atoms with E-state index in [0.717, 1.165) is 12.1 Å². The highest BCUT2D eigenvalue weighted by Gasteiger charge is 2.18. The quantitative estimate of drug-likeness (QED) is 0.460. The first-order chi connectivity index (χ1) is 8.47. The number of pyridine rings is 1. The summed E-state index contributed by atoms with van der Waals surface area (Å²) in [4.78, 5) is 15.2. The van der Waals surface area contributed by atoms with Crippen LogP contribution >= 0.6 is 15.9 Å². The Labute approximate surface area is 115 Å². The van der Waals surface area contributed by atoms with E-state index in [-0.39, 0.29) is 15.4 Å². The molecule has 0 N–H and O–H groups in total. The number of rotatable bonds is 6. The molecule has 0 aromatic carbocycles. The number of alkyl halides is 1. The highest BCUT2D eigenvalue weighted by Crippen LogP contribution is 2.25. The number of aromatic nitrogens is 1. The van der Waals surface area contributed by atoms with Crippen molar-refractivity contribution in [3.05, 3.63) is 33.1 Å². The van der Waals surface area contributed by atoms with E-state index in [1.54, 1.807) is 27.2 Å². The summed E-state index contributed by atoms with van der Waals surface area (Å²) in [5.74, 6) is 0. The number of halogens is 1. The molecule has 6 heteroatoms. The molecule has 0 aliphatic rings. The van der Waals surface area contributed by atoms with Gasteiger partial charge in [-0.3, -0.25) is 15.1 Å². The van der Waals surface area contributed by atoms with Crippen molar-refractivity contribution < 1.29 is 9.66 Å². The predicted molar refractivity (Wildman–Crippen MR) is 73.3 cm³/mol. The van der Waals surface area contributed by atoms with Gasteiger partial charge in [-0.2, -0.15) is 0 Å². The molecule has 0 radical (unpaired) electrons. The zero-order valence-electron chi connectivity index (χ0n) is 10.8. The van der Waals surface area contributed by atoms with Gasteiger partial charge in [0.2, 0.25) is 0 Å². The van der Waals surface area contributed by atoms with Gasteiger partial charge in [-0.05, 0) is 26.7 Å². The van der Waals surface area contributed by atoms with Crippen LogP contribution in [0.5, 0.6) is 0 Å². The van der Waals surface area contributed by atoms with Gasteiger partial charge in [-0.25, -0.2) is 0 Å². The second-order valence-corrected chi connectivity index (χ2v) is 5.50. The van der Waals surface area contributed by atoms with Crippen LogP contribution in [0.4, 0.5) is 5.69 Å². The van der Waals surface area contributed by atoms with Crippen molar-refractivity contribution in [1.82, 2.24) is 4.98 Å². The molecular formula is C12H17BrN2O3. The van der Waals surface area contributed by atoms with Crippen LogP contribution in [0, 0.1) is 24.0 Å². The Morgan fingerprint density at radius 1 is 1.56 bits per heavy atom. The van der Waals surface area contributed by atoms with Crippen LogP contribution in [0.1, 0.15) is 23.2 Å². The predicted octanol–water partition coefficient (Wildman–Crippen LogP) is 2.95. The van der Waals surface area contributed by atoms with Gasteiger partial charge in [0.15, 0.2) is 0 Å². The van der Waals surface area contributed by atoms with E-state index in [2.05, 4.69) is 20.9 Å². The molecule has 1 unspecified atom stereocenters. The summed E-state index contributed by atoms with van der Waals surface area (Å²) in [5, 5.41) is 11.0. The summed E-state index contributed by atoms with van der Waals surface area (Å²) in [5.41, 5.74) is 2.23. The number of hydrogen-bond donors (Lipinski definition) is 0. The van der Waals surface area contributed by atoms with Gasteiger partial charge < -0.3 is 4.74 Å². The van der Waals surface area contributed by atoms with E-state index in [4.69, 9.17) is 4.74 Å². The maximum atomic E-state index is 11.0. The van der Waals surface area contributed by atoms with Crippen LogP contribution in [0.2, 0.25) is 0 Å². The maximum Gasteiger partial charge on any atom is 0.278 e. The van der Waals surface area contributed by atoms with Gasteiger partial charge in [0.25, 0.3) is 5.69 Å². The first-order valence-electron chi connectivity index (χ1n) is 5.69. The van der Waals surface area contributed by atoms with Gasteiger partial charge in [-0.1, -0.05) is 15.9 Å². The zero-order chi connectivity index (χ0) is 13.7. The van der Waals surface area contributed by atoms with Gasteiger partial charge in [-0.15, -0.1) is 0 Å². The second kappa shape index (κ2) is 6.80. The molecule has 1 aromatic rings. The molecule has 1 rings (SSSR count). The van der Waals surface area contributed by atoms with Crippen molar-refractivity contribution in [2.75, 3.05) is 13.7 Å². The number of hydrogen-bond acceptors (Lipinski definition) is 4. The summed E-state index contributed by atoms with van der Waals surface area (Å²) < 4.78 is 5.03. The summed E-state index contributed by atoms with van der Waals surface area (Å²) in [7, 11) is 1.65. The standard InChI is InChI=1S/C12H17BrN2O3/c1-8-6-14-11(5-4-10(13)7-18-3)9(2)12(8)15(16)17/h6,10H,4-5,7H2,1-3H3. The SMILES string of the molecule is COCC(Br)CCc1ncc(C)c([N+](=O)[O-])c1C. The van der Waals surface area contributed by atoms with E-state index in [0.29, 0.717) is 24.2 Å². The number of nitrogens with zero attached hydrogens (tertiary/aromatic N) is 2. The highest BCUT2D eigenvalue weighted by atomic mass is 79.9. The molecular weight excluding hydrogens is 300 g/mol. The minimum atomic E-state index is -0.337. The van der Waals surface area contributed by atoms with Crippen molar-refractivity contribution in [3.8, 4) is 0 Å². The number of ether oxygens (including phenoxy) is 1. The van der Waals surface area contributed by atoms with E-state index in [1.165, 1.54) is 0 Å². The van der Waals surface area contributed by atoms with Crippen LogP contribution in [0.25, 0.3) is 0 Å². The Bertz CT molecular complexity index is 438. The Morgan fingerprint density at radius 3 is 2.78 bits per heavy atom. The largest absolute Gasteiger partial charge is 0.384 e. The summed E-state index contributed by atoms with van der Waals surface area (Å²) >= 11 is 3.50. The molecule has 18 heavy (non-hydrogen) atoms. The highest BCUT2D eigenvalue weighted by molar-refractivity contribution is 9.09. The first kappa shape index (κ1) is 15.0. The lowest BCUT2D eigenvalue weighted by atomic mass is 10.1. The average molecular weight is 317 g/mol. The molecule has 0 amide bonds. The zero-order valence-corrected chi connectivity index (χ0v) is 12.4. The van der Waals surface area contributed by atoms with Crippen LogP contribution < -0.4 is 0 Å². The summed E-state index contributed by atoms with van der Waals surface area (Å²) in [6.07, 6.45) is 3.11. The van der Waals surface area contributed by atoms with Crippen molar-refractivity contribution >= 4 is 21.6 Å². The third-order valence-corrected chi connectivity index (χ3v) is 3.52. The molecule has 0 spiro atoms. The van der Waals surface area contributed by atoms with Gasteiger partial charge >= 0.3 is 0 Å². The third-order valence-electron chi connectivity index (χ3n) is 2.80. The Morgan fingerprint density at radius 2 is 2.22 bits per heavy atom. The molecule has 0 saturated carbocycles. The number of methoxy groups -OCH3 is 1. The van der Waals surface area contributed by atoms with E-state index < -0.39 is 0 Å². The van der Waals surface area contributed by atoms with Crippen molar-refractivity contribution in [3.63, 3.8) is 0 Å². The van der Waals surface area contributed by atoms with Crippen LogP contribution in [-0.4, -0.2) is 28.5 Å². The fourth-order valence-corrected chi connectivity index (χ4v) is 2.35. The topological polar surface area (TPSA) is 65.3 Å². The molecule has 1 atom stereocenters. The van der Waals surface area contributed by atoms with Gasteiger partial charge in [0, 0.05) is 29.3 Å². The lowest BCUT2D eigenvalue weighted by Crippen LogP contribution is -2.10. The van der Waals surface area contributed by atoms with Crippen LogP contribution in [0.15, 0.2) is 6.20 Å². The molecule has 0 aliphatic carbocycles. The second-order valence-electron chi connectivity index (χ2n) is 4.21. The minimum absolute atomic E-state index is 0.179. The number of nitro groups is 1. The molecule has 0 saturated heterocycles. The van der Waals surface area contributed by atoms with Crippen molar-refractivity contribution in [2.24, 2.45) is 0 Å². The lowest BCUT2D eigenvalue weighted by molar-refractivity contribution is -0.386. The third kappa shape index (κ3) is 3.74. The summed E-state index contributed by atoms with van der Waals surface area (Å²) in [6, 6.07) is 0. The summed E-state index contributed by atoms with van der Waals surface area (Å²) in [6.45, 7) is 4.08. The van der Waals surface area contributed by atoms with Gasteiger partial charge in [0.1, 0.15) is 0 Å². The fourth-order valence-electron chi connectivity index (χ4n) is 1.86. The molecule has 0 bridgehead atoms. The molecule has 1 heterocycles. The lowest BCUT2D eigenvalue weighted by Gasteiger charge is -2.10. The maximum absolute atomic E-state index is 11.0. The fraction of sp³-hybridized carbons (Fsp3) is 0.583. The first-order valence-corrected chi connectivity index (χ1v) is 6.61. The van der Waals surface area contributed by atoms with Crippen molar-refractivity contribution in [2.45, 2.75) is 31.5 Å². The average Bonchev–Trinajstić information content (AvgIpc) is 2.28. The Kier molecular flexibility index (Phi) is 5.68. The van der Waals surface area contributed by atoms with Crippen LogP contribution in [0.3, 0.4) is 0 Å². The molecule has 0 fully saturated rings. The molecule has 5 nitrogen and oxygen atoms in total.